The first-order chi connectivity index (χ1) is 10.0. The lowest BCUT2D eigenvalue weighted by Crippen LogP contribution is -2.53. The fourth-order valence-corrected chi connectivity index (χ4v) is 2.20. The third-order valence-corrected chi connectivity index (χ3v) is 3.39. The Morgan fingerprint density at radius 3 is 2.90 bits per heavy atom. The van der Waals surface area contributed by atoms with Crippen LogP contribution in [0.25, 0.3) is 0 Å². The van der Waals surface area contributed by atoms with E-state index in [1.165, 1.54) is 19.2 Å². The molecule has 0 aromatic heterocycles. The van der Waals surface area contributed by atoms with Crippen molar-refractivity contribution in [1.29, 1.82) is 0 Å². The van der Waals surface area contributed by atoms with E-state index in [1.54, 1.807) is 4.90 Å². The van der Waals surface area contributed by atoms with Gasteiger partial charge >= 0.3 is 0 Å². The lowest BCUT2D eigenvalue weighted by atomic mass is 10.1. The van der Waals surface area contributed by atoms with Crippen molar-refractivity contribution in [2.75, 3.05) is 33.4 Å². The zero-order valence-corrected chi connectivity index (χ0v) is 11.7. The van der Waals surface area contributed by atoms with Crippen LogP contribution in [0.15, 0.2) is 18.2 Å². The van der Waals surface area contributed by atoms with Crippen LogP contribution in [0.5, 0.6) is 5.75 Å². The van der Waals surface area contributed by atoms with Crippen LogP contribution in [0.2, 0.25) is 0 Å². The zero-order valence-electron chi connectivity index (χ0n) is 11.7. The molecule has 1 heterocycles. The number of carbonyl (C=O) groups excluding carboxylic acids is 2. The van der Waals surface area contributed by atoms with Crippen molar-refractivity contribution < 1.29 is 23.5 Å². The van der Waals surface area contributed by atoms with Crippen LogP contribution in [0.1, 0.15) is 10.4 Å². The Bertz CT molecular complexity index is 550. The summed E-state index contributed by atoms with van der Waals surface area (Å²) in [5.74, 6) is -1.35. The molecule has 1 aromatic rings. The summed E-state index contributed by atoms with van der Waals surface area (Å²) >= 11 is 0. The molecule has 1 saturated heterocycles. The number of primary amides is 1. The Hall–Kier alpha value is -1.99. The third-order valence-electron chi connectivity index (χ3n) is 3.39. The fraction of sp³-hybridized carbons (Fsp3) is 0.429. The first-order valence-electron chi connectivity index (χ1n) is 6.50. The average Bonchev–Trinajstić information content (AvgIpc) is 2.47. The van der Waals surface area contributed by atoms with Crippen molar-refractivity contribution in [1.82, 2.24) is 4.90 Å². The zero-order chi connectivity index (χ0) is 15.4. The third kappa shape index (κ3) is 3.56. The second-order valence-electron chi connectivity index (χ2n) is 4.74. The lowest BCUT2D eigenvalue weighted by molar-refractivity contribution is -0.128. The van der Waals surface area contributed by atoms with E-state index in [1.807, 2.05) is 0 Å². The number of methoxy groups -OCH3 is 1. The van der Waals surface area contributed by atoms with E-state index in [-0.39, 0.29) is 30.2 Å². The van der Waals surface area contributed by atoms with Crippen molar-refractivity contribution in [2.24, 2.45) is 5.73 Å². The first kappa shape index (κ1) is 15.4. The van der Waals surface area contributed by atoms with E-state index in [0.29, 0.717) is 13.2 Å². The molecule has 0 saturated carbocycles. The van der Waals surface area contributed by atoms with E-state index < -0.39 is 17.8 Å². The number of halogens is 1. The van der Waals surface area contributed by atoms with Gasteiger partial charge in [-0.15, -0.1) is 0 Å². The van der Waals surface area contributed by atoms with Crippen LogP contribution in [0.4, 0.5) is 4.39 Å². The number of ketones is 1. The molecule has 21 heavy (non-hydrogen) atoms. The maximum Gasteiger partial charge on any atom is 0.237 e. The van der Waals surface area contributed by atoms with Crippen LogP contribution >= 0.6 is 0 Å². The molecule has 0 spiro atoms. The molecule has 0 aliphatic carbocycles. The number of nitrogens with zero attached hydrogens (tertiary/aromatic N) is 1. The largest absolute Gasteiger partial charge is 0.494 e. The Labute approximate surface area is 121 Å². The van der Waals surface area contributed by atoms with Gasteiger partial charge in [0.15, 0.2) is 17.3 Å². The molecule has 2 N–H and O–H groups in total. The summed E-state index contributed by atoms with van der Waals surface area (Å²) in [6.45, 7) is 1.01. The number of rotatable bonds is 5. The number of hydrogen-bond acceptors (Lipinski definition) is 5. The van der Waals surface area contributed by atoms with E-state index in [4.69, 9.17) is 15.2 Å². The molecule has 0 bridgehead atoms. The number of benzene rings is 1. The van der Waals surface area contributed by atoms with Crippen LogP contribution < -0.4 is 10.5 Å². The Morgan fingerprint density at radius 2 is 2.29 bits per heavy atom. The minimum absolute atomic E-state index is 0.0112. The minimum atomic E-state index is -0.634. The van der Waals surface area contributed by atoms with Gasteiger partial charge in [-0.3, -0.25) is 14.5 Å². The topological polar surface area (TPSA) is 81.9 Å². The monoisotopic (exact) mass is 296 g/mol. The molecular formula is C14H17FN2O4. The average molecular weight is 296 g/mol. The number of amides is 1. The minimum Gasteiger partial charge on any atom is -0.494 e. The molecule has 7 heteroatoms. The van der Waals surface area contributed by atoms with Crippen molar-refractivity contribution in [3.05, 3.63) is 29.6 Å². The highest BCUT2D eigenvalue weighted by atomic mass is 19.1. The molecule has 6 nitrogen and oxygen atoms in total. The molecule has 2 rings (SSSR count). The van der Waals surface area contributed by atoms with Gasteiger partial charge in [0.25, 0.3) is 0 Å². The maximum atomic E-state index is 13.6. The summed E-state index contributed by atoms with van der Waals surface area (Å²) in [6.07, 6.45) is 0. The summed E-state index contributed by atoms with van der Waals surface area (Å²) < 4.78 is 23.6. The smallest absolute Gasteiger partial charge is 0.237 e. The second-order valence-corrected chi connectivity index (χ2v) is 4.74. The number of hydrogen-bond donors (Lipinski definition) is 1. The van der Waals surface area contributed by atoms with Crippen LogP contribution in [-0.4, -0.2) is 56.0 Å². The Balaban J connectivity index is 2.09. The standard InChI is InChI=1S/C14H17FN2O4/c1-20-13-3-2-9(6-10(13)15)12(18)7-17-4-5-21-8-11(17)14(16)19/h2-3,6,11H,4-5,7-8H2,1H3,(H2,16,19). The lowest BCUT2D eigenvalue weighted by Gasteiger charge is -2.32. The van der Waals surface area contributed by atoms with Gasteiger partial charge in [0.1, 0.15) is 6.04 Å². The SMILES string of the molecule is COc1ccc(C(=O)CN2CCOCC2C(N)=O)cc1F. The van der Waals surface area contributed by atoms with Gasteiger partial charge in [0.2, 0.25) is 5.91 Å². The molecule has 1 atom stereocenters. The van der Waals surface area contributed by atoms with Gasteiger partial charge in [0, 0.05) is 12.1 Å². The molecule has 1 amide bonds. The summed E-state index contributed by atoms with van der Waals surface area (Å²) in [4.78, 5) is 25.2. The molecule has 0 radical (unpaired) electrons. The van der Waals surface area contributed by atoms with Gasteiger partial charge in [0.05, 0.1) is 26.9 Å². The van der Waals surface area contributed by atoms with E-state index in [0.717, 1.165) is 6.07 Å². The fourth-order valence-electron chi connectivity index (χ4n) is 2.20. The molecule has 114 valence electrons. The van der Waals surface area contributed by atoms with Crippen molar-refractivity contribution in [3.8, 4) is 5.75 Å². The van der Waals surface area contributed by atoms with Crippen molar-refractivity contribution in [2.45, 2.75) is 6.04 Å². The number of morpholine rings is 1. The van der Waals surface area contributed by atoms with Crippen LogP contribution in [-0.2, 0) is 9.53 Å². The predicted octanol–water partition coefficient (Wildman–Crippen LogP) is 0.203. The number of ether oxygens (including phenoxy) is 2. The van der Waals surface area contributed by atoms with Crippen LogP contribution in [0.3, 0.4) is 0 Å². The number of carbonyl (C=O) groups is 2. The predicted molar refractivity (Wildman–Crippen MR) is 72.7 cm³/mol. The van der Waals surface area contributed by atoms with Gasteiger partial charge in [-0.05, 0) is 18.2 Å². The highest BCUT2D eigenvalue weighted by molar-refractivity contribution is 5.98. The first-order valence-corrected chi connectivity index (χ1v) is 6.50. The molecule has 1 aliphatic heterocycles. The summed E-state index contributed by atoms with van der Waals surface area (Å²) in [5, 5.41) is 0. The molecule has 1 aromatic carbocycles. The molecule has 1 unspecified atom stereocenters. The molecule has 1 aliphatic rings. The number of nitrogens with two attached hydrogens (primary N) is 1. The summed E-state index contributed by atoms with van der Waals surface area (Å²) in [7, 11) is 1.35. The Morgan fingerprint density at radius 1 is 1.52 bits per heavy atom. The van der Waals surface area contributed by atoms with Crippen molar-refractivity contribution >= 4 is 11.7 Å². The second kappa shape index (κ2) is 6.64. The normalized spacial score (nSPS) is 19.2. The van der Waals surface area contributed by atoms with Gasteiger partial charge < -0.3 is 15.2 Å². The quantitative estimate of drug-likeness (QED) is 0.785. The summed E-state index contributed by atoms with van der Waals surface area (Å²) in [6, 6.07) is 3.38. The van der Waals surface area contributed by atoms with E-state index in [9.17, 15) is 14.0 Å². The molecule has 1 fully saturated rings. The Kier molecular flexibility index (Phi) is 4.87. The van der Waals surface area contributed by atoms with E-state index in [2.05, 4.69) is 0 Å². The van der Waals surface area contributed by atoms with Gasteiger partial charge in [-0.2, -0.15) is 0 Å². The number of Topliss-reactive ketones (excluding diaryl/α,β-unsaturated/α-hetero) is 1. The maximum absolute atomic E-state index is 13.6. The van der Waals surface area contributed by atoms with Crippen molar-refractivity contribution in [3.63, 3.8) is 0 Å². The highest BCUT2D eigenvalue weighted by Crippen LogP contribution is 2.18. The summed E-state index contributed by atoms with van der Waals surface area (Å²) in [5.41, 5.74) is 5.51. The van der Waals surface area contributed by atoms with Crippen LogP contribution in [0, 0.1) is 5.82 Å². The van der Waals surface area contributed by atoms with Gasteiger partial charge in [-0.1, -0.05) is 0 Å². The highest BCUT2D eigenvalue weighted by Gasteiger charge is 2.29. The van der Waals surface area contributed by atoms with Gasteiger partial charge in [-0.25, -0.2) is 4.39 Å². The molecular weight excluding hydrogens is 279 g/mol. The van der Waals surface area contributed by atoms with E-state index >= 15 is 0 Å².